The SMILES string of the molecule is COC(=O)C1=C(C(=O)OC)N(c2ccc(-c3ccc(C4OCCO4)cc3)cc2)C=CC=C1. The van der Waals surface area contributed by atoms with Crippen molar-refractivity contribution in [1.82, 2.24) is 0 Å². The van der Waals surface area contributed by atoms with E-state index >= 15 is 0 Å². The number of carbonyl (C=O) groups excluding carboxylic acids is 2. The fraction of sp³-hybridized carbons (Fsp3) is 0.200. The zero-order valence-corrected chi connectivity index (χ0v) is 17.8. The molecule has 0 aliphatic carbocycles. The number of benzene rings is 2. The van der Waals surface area contributed by atoms with Crippen LogP contribution in [0.15, 0.2) is 84.2 Å². The van der Waals surface area contributed by atoms with E-state index in [0.29, 0.717) is 18.9 Å². The van der Waals surface area contributed by atoms with Crippen LogP contribution in [0.5, 0.6) is 0 Å². The average Bonchev–Trinajstić information content (AvgIpc) is 3.29. The van der Waals surface area contributed by atoms with Crippen LogP contribution >= 0.6 is 0 Å². The first-order valence-corrected chi connectivity index (χ1v) is 10.1. The van der Waals surface area contributed by atoms with Crippen molar-refractivity contribution in [3.05, 3.63) is 89.8 Å². The Labute approximate surface area is 186 Å². The van der Waals surface area contributed by atoms with E-state index in [2.05, 4.69) is 0 Å². The molecule has 0 amide bonds. The van der Waals surface area contributed by atoms with Crippen molar-refractivity contribution < 1.29 is 28.5 Å². The van der Waals surface area contributed by atoms with Crippen LogP contribution in [0.4, 0.5) is 5.69 Å². The average molecular weight is 433 g/mol. The van der Waals surface area contributed by atoms with Crippen LogP contribution < -0.4 is 4.90 Å². The van der Waals surface area contributed by atoms with Crippen molar-refractivity contribution in [2.75, 3.05) is 32.3 Å². The number of hydrogen-bond donors (Lipinski definition) is 0. The summed E-state index contributed by atoms with van der Waals surface area (Å²) in [4.78, 5) is 26.4. The fourth-order valence-electron chi connectivity index (χ4n) is 3.56. The van der Waals surface area contributed by atoms with Gasteiger partial charge in [0.1, 0.15) is 5.70 Å². The van der Waals surface area contributed by atoms with Gasteiger partial charge in [-0.05, 0) is 35.4 Å². The molecule has 1 saturated heterocycles. The zero-order valence-electron chi connectivity index (χ0n) is 17.8. The standard InChI is InChI=1S/C25H23NO6/c1-29-23(27)21-5-3-4-14-26(22(21)24(28)30-2)20-12-10-18(11-13-20)17-6-8-19(9-7-17)25-31-15-16-32-25/h3-14,25H,15-16H2,1-2H3. The molecule has 0 spiro atoms. The maximum atomic E-state index is 12.5. The van der Waals surface area contributed by atoms with Crippen molar-refractivity contribution in [1.29, 1.82) is 0 Å². The lowest BCUT2D eigenvalue weighted by molar-refractivity contribution is -0.139. The van der Waals surface area contributed by atoms with E-state index in [-0.39, 0.29) is 17.6 Å². The summed E-state index contributed by atoms with van der Waals surface area (Å²) in [5, 5.41) is 0. The van der Waals surface area contributed by atoms with E-state index in [4.69, 9.17) is 18.9 Å². The van der Waals surface area contributed by atoms with Gasteiger partial charge in [0.2, 0.25) is 0 Å². The predicted octanol–water partition coefficient (Wildman–Crippen LogP) is 3.89. The number of nitrogens with zero attached hydrogens (tertiary/aromatic N) is 1. The van der Waals surface area contributed by atoms with Crippen LogP contribution in [0.25, 0.3) is 11.1 Å². The summed E-state index contributed by atoms with van der Waals surface area (Å²) in [6.45, 7) is 1.21. The van der Waals surface area contributed by atoms with Gasteiger partial charge in [-0.2, -0.15) is 0 Å². The van der Waals surface area contributed by atoms with E-state index < -0.39 is 11.9 Å². The van der Waals surface area contributed by atoms with Crippen molar-refractivity contribution in [2.45, 2.75) is 6.29 Å². The van der Waals surface area contributed by atoms with Crippen LogP contribution in [-0.4, -0.2) is 39.4 Å². The van der Waals surface area contributed by atoms with Crippen molar-refractivity contribution >= 4 is 17.6 Å². The highest BCUT2D eigenvalue weighted by molar-refractivity contribution is 6.05. The largest absolute Gasteiger partial charge is 0.465 e. The molecule has 7 nitrogen and oxygen atoms in total. The van der Waals surface area contributed by atoms with Crippen molar-refractivity contribution in [3.8, 4) is 11.1 Å². The molecule has 1 fully saturated rings. The van der Waals surface area contributed by atoms with Gasteiger partial charge in [0, 0.05) is 17.5 Å². The number of hydrogen-bond acceptors (Lipinski definition) is 7. The Morgan fingerprint density at radius 3 is 2.03 bits per heavy atom. The molecule has 2 aliphatic heterocycles. The third-order valence-electron chi connectivity index (χ3n) is 5.17. The Hall–Kier alpha value is -3.68. The summed E-state index contributed by atoms with van der Waals surface area (Å²) in [5.41, 5.74) is 3.90. The van der Waals surface area contributed by atoms with Gasteiger partial charge in [-0.25, -0.2) is 9.59 Å². The van der Waals surface area contributed by atoms with Crippen LogP contribution in [0, 0.1) is 0 Å². The molecule has 2 aliphatic rings. The van der Waals surface area contributed by atoms with Crippen LogP contribution in [0.3, 0.4) is 0 Å². The molecule has 0 atom stereocenters. The number of rotatable bonds is 5. The Kier molecular flexibility index (Phi) is 6.49. The highest BCUT2D eigenvalue weighted by Gasteiger charge is 2.27. The van der Waals surface area contributed by atoms with Gasteiger partial charge in [0.25, 0.3) is 0 Å². The van der Waals surface area contributed by atoms with Crippen LogP contribution in [0.2, 0.25) is 0 Å². The first kappa shape index (κ1) is 21.5. The van der Waals surface area contributed by atoms with E-state index in [1.807, 2.05) is 48.5 Å². The minimum Gasteiger partial charge on any atom is -0.465 e. The second-order valence-electron chi connectivity index (χ2n) is 7.06. The van der Waals surface area contributed by atoms with Crippen molar-refractivity contribution in [2.24, 2.45) is 0 Å². The van der Waals surface area contributed by atoms with Gasteiger partial charge >= 0.3 is 11.9 Å². The molecule has 2 aromatic carbocycles. The van der Waals surface area contributed by atoms with Gasteiger partial charge < -0.3 is 23.8 Å². The number of allylic oxidation sites excluding steroid dienone is 2. The molecule has 0 unspecified atom stereocenters. The first-order chi connectivity index (χ1) is 15.6. The van der Waals surface area contributed by atoms with Gasteiger partial charge in [-0.15, -0.1) is 0 Å². The Bertz CT molecular complexity index is 1080. The van der Waals surface area contributed by atoms with Gasteiger partial charge in [-0.3, -0.25) is 0 Å². The molecule has 32 heavy (non-hydrogen) atoms. The molecule has 2 aromatic rings. The third kappa shape index (κ3) is 4.34. The van der Waals surface area contributed by atoms with Crippen LogP contribution in [0.1, 0.15) is 11.9 Å². The molecule has 164 valence electrons. The Morgan fingerprint density at radius 1 is 0.844 bits per heavy atom. The van der Waals surface area contributed by atoms with Gasteiger partial charge in [-0.1, -0.05) is 42.5 Å². The summed E-state index contributed by atoms with van der Waals surface area (Å²) in [5.74, 6) is -1.26. The van der Waals surface area contributed by atoms with Crippen LogP contribution in [-0.2, 0) is 28.5 Å². The number of carbonyl (C=O) groups is 2. The summed E-state index contributed by atoms with van der Waals surface area (Å²) in [6.07, 6.45) is 6.33. The summed E-state index contributed by atoms with van der Waals surface area (Å²) >= 11 is 0. The summed E-state index contributed by atoms with van der Waals surface area (Å²) in [6, 6.07) is 15.7. The second-order valence-corrected chi connectivity index (χ2v) is 7.06. The predicted molar refractivity (Wildman–Crippen MR) is 118 cm³/mol. The van der Waals surface area contributed by atoms with E-state index in [0.717, 1.165) is 16.7 Å². The molecular formula is C25H23NO6. The first-order valence-electron chi connectivity index (χ1n) is 10.1. The zero-order chi connectivity index (χ0) is 22.5. The topological polar surface area (TPSA) is 74.3 Å². The molecule has 2 heterocycles. The van der Waals surface area contributed by atoms with E-state index in [1.165, 1.54) is 20.3 Å². The maximum Gasteiger partial charge on any atom is 0.355 e. The molecule has 7 heteroatoms. The van der Waals surface area contributed by atoms with Gasteiger partial charge in [0.05, 0.1) is 33.0 Å². The smallest absolute Gasteiger partial charge is 0.355 e. The molecule has 0 radical (unpaired) electrons. The quantitative estimate of drug-likeness (QED) is 0.663. The minimum absolute atomic E-state index is 0.0815. The van der Waals surface area contributed by atoms with E-state index in [1.54, 1.807) is 23.3 Å². The lowest BCUT2D eigenvalue weighted by Crippen LogP contribution is -2.26. The number of esters is 2. The number of ether oxygens (including phenoxy) is 4. The fourth-order valence-corrected chi connectivity index (χ4v) is 3.56. The molecule has 0 bridgehead atoms. The number of methoxy groups -OCH3 is 2. The molecular weight excluding hydrogens is 410 g/mol. The van der Waals surface area contributed by atoms with Gasteiger partial charge in [0.15, 0.2) is 6.29 Å². The molecule has 0 aromatic heterocycles. The highest BCUT2D eigenvalue weighted by Crippen LogP contribution is 2.30. The number of anilines is 1. The molecule has 0 N–H and O–H groups in total. The normalized spacial score (nSPS) is 16.2. The second kappa shape index (κ2) is 9.64. The molecule has 4 rings (SSSR count). The van der Waals surface area contributed by atoms with E-state index in [9.17, 15) is 9.59 Å². The Morgan fingerprint density at radius 2 is 1.44 bits per heavy atom. The monoisotopic (exact) mass is 433 g/mol. The lowest BCUT2D eigenvalue weighted by Gasteiger charge is -2.23. The minimum atomic E-state index is -0.641. The lowest BCUT2D eigenvalue weighted by atomic mass is 10.0. The summed E-state index contributed by atoms with van der Waals surface area (Å²) < 4.78 is 20.9. The maximum absolute atomic E-state index is 12.5. The third-order valence-corrected chi connectivity index (χ3v) is 5.17. The molecule has 0 saturated carbocycles. The highest BCUT2D eigenvalue weighted by atomic mass is 16.7. The summed E-state index contributed by atoms with van der Waals surface area (Å²) in [7, 11) is 2.54. The van der Waals surface area contributed by atoms with Crippen molar-refractivity contribution in [3.63, 3.8) is 0 Å². The Balaban J connectivity index is 1.63.